The van der Waals surface area contributed by atoms with Gasteiger partial charge in [-0.3, -0.25) is 0 Å². The quantitative estimate of drug-likeness (QED) is 0.785. The van der Waals surface area contributed by atoms with Crippen molar-refractivity contribution in [1.29, 1.82) is 0 Å². The molecule has 16 heavy (non-hydrogen) atoms. The second-order valence-electron chi connectivity index (χ2n) is 4.30. The highest BCUT2D eigenvalue weighted by molar-refractivity contribution is 5.48. The molecule has 0 unspecified atom stereocenters. The number of rotatable bonds is 1. The fourth-order valence-corrected chi connectivity index (χ4v) is 2.42. The van der Waals surface area contributed by atoms with Crippen LogP contribution in [0.25, 0.3) is 5.69 Å². The van der Waals surface area contributed by atoms with E-state index < -0.39 is 0 Å². The summed E-state index contributed by atoms with van der Waals surface area (Å²) in [5.74, 6) is 0. The van der Waals surface area contributed by atoms with E-state index in [4.69, 9.17) is 0 Å². The summed E-state index contributed by atoms with van der Waals surface area (Å²) in [6, 6.07) is 6.49. The first-order valence-electron chi connectivity index (χ1n) is 5.55. The van der Waals surface area contributed by atoms with E-state index in [1.807, 2.05) is 6.33 Å². The second kappa shape index (κ2) is 3.46. The van der Waals surface area contributed by atoms with Gasteiger partial charge in [0.2, 0.25) is 0 Å². The molecule has 0 bridgehead atoms. The molecule has 1 aromatic heterocycles. The molecule has 0 atom stereocenters. The van der Waals surface area contributed by atoms with Crippen LogP contribution >= 0.6 is 0 Å². The average molecular weight is 214 g/mol. The molecule has 2 heterocycles. The van der Waals surface area contributed by atoms with Crippen LogP contribution in [0.15, 0.2) is 24.5 Å². The number of hydrogen-bond acceptors (Lipinski definition) is 2. The number of aliphatic hydroxyl groups excluding tert-OH is 1. The normalized spacial score (nSPS) is 13.4. The Labute approximate surface area is 94.4 Å². The Morgan fingerprint density at radius 3 is 3.06 bits per heavy atom. The second-order valence-corrected chi connectivity index (χ2v) is 4.30. The first-order valence-corrected chi connectivity index (χ1v) is 5.55. The van der Waals surface area contributed by atoms with Crippen molar-refractivity contribution < 1.29 is 5.11 Å². The van der Waals surface area contributed by atoms with Gasteiger partial charge in [-0.15, -0.1) is 0 Å². The van der Waals surface area contributed by atoms with Gasteiger partial charge in [0, 0.05) is 11.4 Å². The van der Waals surface area contributed by atoms with Gasteiger partial charge in [0.25, 0.3) is 0 Å². The summed E-state index contributed by atoms with van der Waals surface area (Å²) in [4.78, 5) is 4.25. The van der Waals surface area contributed by atoms with Crippen LogP contribution < -0.4 is 0 Å². The van der Waals surface area contributed by atoms with Crippen molar-refractivity contribution in [2.45, 2.75) is 26.4 Å². The molecular weight excluding hydrogens is 200 g/mol. The van der Waals surface area contributed by atoms with Crippen molar-refractivity contribution >= 4 is 0 Å². The summed E-state index contributed by atoms with van der Waals surface area (Å²) in [5, 5.41) is 9.20. The fraction of sp³-hybridized carbons (Fsp3) is 0.308. The Bertz CT molecular complexity index is 543. The summed E-state index contributed by atoms with van der Waals surface area (Å²) < 4.78 is 2.10. The molecule has 0 amide bonds. The SMILES string of the molecule is Cc1ccc2c(c1)CCc1c(CO)ncn1-2. The Morgan fingerprint density at radius 2 is 2.25 bits per heavy atom. The summed E-state index contributed by atoms with van der Waals surface area (Å²) in [6.07, 6.45) is 3.82. The van der Waals surface area contributed by atoms with E-state index in [0.29, 0.717) is 0 Å². The molecule has 2 aromatic rings. The molecule has 3 nitrogen and oxygen atoms in total. The summed E-state index contributed by atoms with van der Waals surface area (Å²) in [5.41, 5.74) is 5.84. The molecule has 0 saturated carbocycles. The van der Waals surface area contributed by atoms with Crippen molar-refractivity contribution in [3.05, 3.63) is 47.0 Å². The zero-order valence-corrected chi connectivity index (χ0v) is 9.27. The molecule has 1 aliphatic heterocycles. The van der Waals surface area contributed by atoms with E-state index in [-0.39, 0.29) is 6.61 Å². The molecule has 1 N–H and O–H groups in total. The van der Waals surface area contributed by atoms with E-state index in [2.05, 4.69) is 34.7 Å². The van der Waals surface area contributed by atoms with Crippen LogP contribution in [0, 0.1) is 6.92 Å². The lowest BCUT2D eigenvalue weighted by Gasteiger charge is -2.19. The molecule has 0 fully saturated rings. The fourth-order valence-electron chi connectivity index (χ4n) is 2.42. The standard InChI is InChI=1S/C13H14N2O/c1-9-2-4-12-10(6-9)3-5-13-11(7-16)14-8-15(12)13/h2,4,6,8,16H,3,5,7H2,1H3. The van der Waals surface area contributed by atoms with Crippen molar-refractivity contribution in [1.82, 2.24) is 9.55 Å². The van der Waals surface area contributed by atoms with Gasteiger partial charge >= 0.3 is 0 Å². The predicted octanol–water partition coefficient (Wildman–Crippen LogP) is 1.77. The van der Waals surface area contributed by atoms with E-state index in [0.717, 1.165) is 24.2 Å². The minimum absolute atomic E-state index is 0.0313. The van der Waals surface area contributed by atoms with E-state index in [1.165, 1.54) is 16.8 Å². The van der Waals surface area contributed by atoms with Crippen molar-refractivity contribution in [3.63, 3.8) is 0 Å². The smallest absolute Gasteiger partial charge is 0.0998 e. The molecule has 3 heteroatoms. The number of hydrogen-bond donors (Lipinski definition) is 1. The highest BCUT2D eigenvalue weighted by Crippen LogP contribution is 2.27. The minimum Gasteiger partial charge on any atom is -0.390 e. The van der Waals surface area contributed by atoms with Crippen LogP contribution in [0.3, 0.4) is 0 Å². The number of aryl methyl sites for hydroxylation is 2. The van der Waals surface area contributed by atoms with Crippen molar-refractivity contribution in [3.8, 4) is 5.69 Å². The molecule has 0 saturated heterocycles. The minimum atomic E-state index is 0.0313. The van der Waals surface area contributed by atoms with Crippen LogP contribution in [0.1, 0.15) is 22.5 Å². The molecule has 1 aliphatic rings. The summed E-state index contributed by atoms with van der Waals surface area (Å²) >= 11 is 0. The first-order chi connectivity index (χ1) is 7.79. The van der Waals surface area contributed by atoms with Gasteiger partial charge in [0.15, 0.2) is 0 Å². The number of benzene rings is 1. The van der Waals surface area contributed by atoms with Crippen LogP contribution in [-0.2, 0) is 19.4 Å². The number of nitrogens with zero attached hydrogens (tertiary/aromatic N) is 2. The zero-order chi connectivity index (χ0) is 11.1. The highest BCUT2D eigenvalue weighted by atomic mass is 16.3. The number of fused-ring (bicyclic) bond motifs is 3. The maximum Gasteiger partial charge on any atom is 0.0998 e. The van der Waals surface area contributed by atoms with E-state index in [1.54, 1.807) is 0 Å². The highest BCUT2D eigenvalue weighted by Gasteiger charge is 2.18. The molecule has 0 radical (unpaired) electrons. The third-order valence-electron chi connectivity index (χ3n) is 3.23. The molecule has 3 rings (SSSR count). The Morgan fingerprint density at radius 1 is 1.38 bits per heavy atom. The summed E-state index contributed by atoms with van der Waals surface area (Å²) in [6.45, 7) is 2.15. The molecule has 0 aliphatic carbocycles. The van der Waals surface area contributed by atoms with Gasteiger partial charge < -0.3 is 9.67 Å². The number of imidazole rings is 1. The van der Waals surface area contributed by atoms with Gasteiger partial charge in [-0.05, 0) is 31.4 Å². The third-order valence-corrected chi connectivity index (χ3v) is 3.23. The van der Waals surface area contributed by atoms with Crippen molar-refractivity contribution in [2.24, 2.45) is 0 Å². The third kappa shape index (κ3) is 1.28. The topological polar surface area (TPSA) is 38.1 Å². The van der Waals surface area contributed by atoms with Gasteiger partial charge in [-0.25, -0.2) is 4.98 Å². The van der Waals surface area contributed by atoms with Crippen LogP contribution in [0.2, 0.25) is 0 Å². The Hall–Kier alpha value is -1.61. The average Bonchev–Trinajstić information content (AvgIpc) is 2.71. The molecule has 1 aromatic carbocycles. The van der Waals surface area contributed by atoms with E-state index in [9.17, 15) is 5.11 Å². The largest absolute Gasteiger partial charge is 0.390 e. The molecular formula is C13H14N2O. The lowest BCUT2D eigenvalue weighted by Crippen LogP contribution is -2.12. The lowest BCUT2D eigenvalue weighted by molar-refractivity contribution is 0.276. The van der Waals surface area contributed by atoms with Crippen LogP contribution in [0.5, 0.6) is 0 Å². The lowest BCUT2D eigenvalue weighted by atomic mass is 9.99. The maximum absolute atomic E-state index is 9.20. The Balaban J connectivity index is 2.20. The van der Waals surface area contributed by atoms with E-state index >= 15 is 0 Å². The number of aromatic nitrogens is 2. The van der Waals surface area contributed by atoms with Crippen LogP contribution in [-0.4, -0.2) is 14.7 Å². The number of aliphatic hydroxyl groups is 1. The first kappa shape index (κ1) is 9.60. The van der Waals surface area contributed by atoms with Gasteiger partial charge in [-0.1, -0.05) is 17.7 Å². The van der Waals surface area contributed by atoms with Gasteiger partial charge in [0.05, 0.1) is 18.6 Å². The van der Waals surface area contributed by atoms with Crippen molar-refractivity contribution in [2.75, 3.05) is 0 Å². The van der Waals surface area contributed by atoms with Gasteiger partial charge in [0.1, 0.15) is 0 Å². The monoisotopic (exact) mass is 214 g/mol. The molecule has 82 valence electrons. The van der Waals surface area contributed by atoms with Gasteiger partial charge in [-0.2, -0.15) is 0 Å². The molecule has 0 spiro atoms. The summed E-state index contributed by atoms with van der Waals surface area (Å²) in [7, 11) is 0. The Kier molecular flexibility index (Phi) is 2.07. The zero-order valence-electron chi connectivity index (χ0n) is 9.27. The van der Waals surface area contributed by atoms with Crippen LogP contribution in [0.4, 0.5) is 0 Å². The maximum atomic E-state index is 9.20. The predicted molar refractivity (Wildman–Crippen MR) is 61.6 cm³/mol.